The summed E-state index contributed by atoms with van der Waals surface area (Å²) in [6, 6.07) is 0. The normalized spacial score (nSPS) is 49.1. The zero-order valence-corrected chi connectivity index (χ0v) is 10.3. The van der Waals surface area contributed by atoms with E-state index in [2.05, 4.69) is 18.4 Å². The molecule has 2 N–H and O–H groups in total. The van der Waals surface area contributed by atoms with E-state index < -0.39 is 40.6 Å². The van der Waals surface area contributed by atoms with Gasteiger partial charge in [-0.2, -0.15) is 9.35 Å². The summed E-state index contributed by atoms with van der Waals surface area (Å²) in [5.41, 5.74) is -2.01. The van der Waals surface area contributed by atoms with E-state index in [1.807, 2.05) is 0 Å². The predicted molar refractivity (Wildman–Crippen MR) is 45.9 cm³/mol. The molecular formula is C5H10O10P2-2. The Balaban J connectivity index is 3.01. The van der Waals surface area contributed by atoms with Crippen LogP contribution in [0.25, 0.3) is 0 Å². The highest BCUT2D eigenvalue weighted by atomic mass is 31.2. The number of phosphoric ester groups is 2. The molecule has 0 amide bonds. The summed E-state index contributed by atoms with van der Waals surface area (Å²) in [6.07, 6.45) is -1.73. The van der Waals surface area contributed by atoms with Crippen molar-refractivity contribution >= 4 is 15.6 Å². The van der Waals surface area contributed by atoms with Crippen LogP contribution in [0.3, 0.4) is 0 Å². The number of hydrogen-bond donors (Lipinski definition) is 2. The number of aliphatic hydroxyl groups excluding tert-OH is 2. The van der Waals surface area contributed by atoms with Crippen LogP contribution in [-0.4, -0.2) is 35.1 Å². The largest absolute Gasteiger partial charge is 0.754 e. The maximum atomic E-state index is 11.1. The number of aliphatic hydroxyl groups is 2. The van der Waals surface area contributed by atoms with Crippen molar-refractivity contribution in [2.45, 2.75) is 18.6 Å². The van der Waals surface area contributed by atoms with Gasteiger partial charge in [-0.1, -0.05) is 0 Å². The molecule has 17 heavy (non-hydrogen) atoms. The number of rotatable bonds is 1. The second-order valence-corrected chi connectivity index (χ2v) is 5.94. The molecule has 0 saturated carbocycles. The van der Waals surface area contributed by atoms with Crippen molar-refractivity contribution in [3.63, 3.8) is 0 Å². The molecule has 1 aliphatic heterocycles. The number of phosphoric acid groups is 2. The van der Waals surface area contributed by atoms with Gasteiger partial charge >= 0.3 is 0 Å². The first-order valence-corrected chi connectivity index (χ1v) is 7.17. The third-order valence-electron chi connectivity index (χ3n) is 1.95. The Hall–Kier alpha value is 0.140. The van der Waals surface area contributed by atoms with Crippen LogP contribution in [0, 0.1) is 0 Å². The molecule has 4 atom stereocenters. The molecule has 0 aromatic carbocycles. The van der Waals surface area contributed by atoms with Gasteiger partial charge in [0.05, 0.1) is 13.2 Å². The summed E-state index contributed by atoms with van der Waals surface area (Å²) in [5, 5.41) is 18.4. The van der Waals surface area contributed by atoms with Crippen LogP contribution >= 0.6 is 15.6 Å². The monoisotopic (exact) mass is 292 g/mol. The van der Waals surface area contributed by atoms with Gasteiger partial charge in [-0.3, -0.25) is 9.13 Å². The molecule has 1 rings (SSSR count). The lowest BCUT2D eigenvalue weighted by atomic mass is 10.0. The summed E-state index contributed by atoms with van der Waals surface area (Å²) in [4.78, 5) is 22.0. The lowest BCUT2D eigenvalue weighted by molar-refractivity contribution is -0.312. The molecule has 1 heterocycles. The molecule has 0 aromatic heterocycles. The van der Waals surface area contributed by atoms with Gasteiger partial charge in [0.2, 0.25) is 0 Å². The standard InChI is InChI=1S/C5H12O10P2/c1-5(3-6)4(7)2-12-16(8,9)14-15-17(10,11)13-5/h4,6-7H,2-3H2,1H3,(H,8,9)(H,10,11)/p-2/t4-,5+/m1/s1. The highest BCUT2D eigenvalue weighted by Crippen LogP contribution is 2.52. The highest BCUT2D eigenvalue weighted by molar-refractivity contribution is 7.48. The lowest BCUT2D eigenvalue weighted by Gasteiger charge is -2.35. The molecule has 0 aliphatic carbocycles. The van der Waals surface area contributed by atoms with Crippen molar-refractivity contribution < 1.29 is 47.5 Å². The van der Waals surface area contributed by atoms with Crippen LogP contribution in [-0.2, 0) is 27.5 Å². The van der Waals surface area contributed by atoms with E-state index in [0.29, 0.717) is 0 Å². The van der Waals surface area contributed by atoms with Crippen LogP contribution in [0.1, 0.15) is 6.92 Å². The first-order valence-electron chi connectivity index (χ1n) is 4.24. The topological polar surface area (TPSA) is 158 Å². The maximum absolute atomic E-state index is 11.1. The fourth-order valence-corrected chi connectivity index (χ4v) is 2.65. The molecule has 0 radical (unpaired) electrons. The van der Waals surface area contributed by atoms with Crippen LogP contribution in [0.5, 0.6) is 0 Å². The first kappa shape index (κ1) is 15.2. The lowest BCUT2D eigenvalue weighted by Crippen LogP contribution is -2.47. The van der Waals surface area contributed by atoms with E-state index in [9.17, 15) is 24.0 Å². The third-order valence-corrected chi connectivity index (χ3v) is 3.68. The second-order valence-electron chi connectivity index (χ2n) is 3.42. The third kappa shape index (κ3) is 4.08. The number of hydrogen-bond acceptors (Lipinski definition) is 10. The summed E-state index contributed by atoms with van der Waals surface area (Å²) >= 11 is 0. The average molecular weight is 292 g/mol. The molecule has 0 aromatic rings. The van der Waals surface area contributed by atoms with Crippen molar-refractivity contribution in [2.24, 2.45) is 0 Å². The molecule has 10 nitrogen and oxygen atoms in total. The summed E-state index contributed by atoms with van der Waals surface area (Å²) in [7, 11) is -10.2. The van der Waals surface area contributed by atoms with Gasteiger partial charge in [0.25, 0.3) is 15.6 Å². The summed E-state index contributed by atoms with van der Waals surface area (Å²) in [6.45, 7) is -0.756. The Morgan fingerprint density at radius 1 is 1.35 bits per heavy atom. The zero-order chi connectivity index (χ0) is 13.3. The fourth-order valence-electron chi connectivity index (χ4n) is 0.907. The molecule has 102 valence electrons. The van der Waals surface area contributed by atoms with E-state index in [-0.39, 0.29) is 0 Å². The Labute approximate surface area is 95.9 Å². The van der Waals surface area contributed by atoms with Gasteiger partial charge in [-0.05, 0) is 6.92 Å². The Morgan fingerprint density at radius 2 is 1.88 bits per heavy atom. The SMILES string of the molecule is C[C@@]1(CO)OP(=O)([O-])OOP(=O)([O-])OC[C@H]1O. The Kier molecular flexibility index (Phi) is 4.49. The van der Waals surface area contributed by atoms with Gasteiger partial charge in [0, 0.05) is 0 Å². The van der Waals surface area contributed by atoms with E-state index >= 15 is 0 Å². The van der Waals surface area contributed by atoms with Gasteiger partial charge < -0.3 is 29.0 Å². The summed E-state index contributed by atoms with van der Waals surface area (Å²) < 4.78 is 37.5. The molecule has 0 spiro atoms. The molecule has 0 bridgehead atoms. The molecule has 1 aliphatic rings. The van der Waals surface area contributed by atoms with E-state index in [1.54, 1.807) is 0 Å². The second kappa shape index (κ2) is 5.02. The van der Waals surface area contributed by atoms with Crippen molar-refractivity contribution in [1.82, 2.24) is 0 Å². The molecule has 2 unspecified atom stereocenters. The highest BCUT2D eigenvalue weighted by Gasteiger charge is 2.40. The van der Waals surface area contributed by atoms with E-state index in [0.717, 1.165) is 6.92 Å². The molecule has 1 saturated heterocycles. The maximum Gasteiger partial charge on any atom is 0.299 e. The Morgan fingerprint density at radius 3 is 2.41 bits per heavy atom. The molecule has 1 fully saturated rings. The van der Waals surface area contributed by atoms with Crippen molar-refractivity contribution in [1.29, 1.82) is 0 Å². The minimum absolute atomic E-state index is 0.860. The van der Waals surface area contributed by atoms with Crippen molar-refractivity contribution in [3.8, 4) is 0 Å². The van der Waals surface area contributed by atoms with Gasteiger partial charge in [-0.15, -0.1) is 0 Å². The van der Waals surface area contributed by atoms with E-state index in [4.69, 9.17) is 5.11 Å². The predicted octanol–water partition coefficient (Wildman–Crippen LogP) is -1.97. The van der Waals surface area contributed by atoms with Crippen LogP contribution in [0.4, 0.5) is 0 Å². The fraction of sp³-hybridized carbons (Fsp3) is 1.00. The van der Waals surface area contributed by atoms with Gasteiger partial charge in [0.15, 0.2) is 0 Å². The zero-order valence-electron chi connectivity index (χ0n) is 8.55. The van der Waals surface area contributed by atoms with Crippen LogP contribution < -0.4 is 9.79 Å². The van der Waals surface area contributed by atoms with Crippen LogP contribution in [0.15, 0.2) is 0 Å². The average Bonchev–Trinajstić information content (AvgIpc) is 2.24. The minimum atomic E-state index is -5.19. The Bertz CT molecular complexity index is 370. The smallest absolute Gasteiger partial charge is 0.299 e. The van der Waals surface area contributed by atoms with Gasteiger partial charge in [0.1, 0.15) is 11.7 Å². The molecule has 12 heteroatoms. The molecular weight excluding hydrogens is 282 g/mol. The van der Waals surface area contributed by atoms with Crippen molar-refractivity contribution in [3.05, 3.63) is 0 Å². The first-order chi connectivity index (χ1) is 7.60. The van der Waals surface area contributed by atoms with E-state index in [1.165, 1.54) is 0 Å². The quantitative estimate of drug-likeness (QED) is 0.410. The van der Waals surface area contributed by atoms with Gasteiger partial charge in [-0.25, -0.2) is 0 Å². The minimum Gasteiger partial charge on any atom is -0.754 e. The van der Waals surface area contributed by atoms with Crippen molar-refractivity contribution in [2.75, 3.05) is 13.2 Å². The van der Waals surface area contributed by atoms with Crippen LogP contribution in [0.2, 0.25) is 0 Å². The summed E-state index contributed by atoms with van der Waals surface area (Å²) in [5.74, 6) is 0.